The van der Waals surface area contributed by atoms with Crippen molar-refractivity contribution in [3.05, 3.63) is 34.9 Å². The molecule has 1 aromatic carbocycles. The van der Waals surface area contributed by atoms with Gasteiger partial charge in [0.15, 0.2) is 0 Å². The average Bonchev–Trinajstić information content (AvgIpc) is 2.67. The van der Waals surface area contributed by atoms with E-state index in [0.29, 0.717) is 17.0 Å². The number of esters is 2. The standard InChI is InChI=1S/C17H20ClNO4/c1-10(20)22-16-8-13-7-14(9-15(16)19(13)2)23-17(21)11-3-5-12(18)6-4-11/h3-6,13-16H,7-9H2,1-2H3/t13?,14-,15?,16+/m0/s1. The van der Waals surface area contributed by atoms with E-state index in [1.165, 1.54) is 6.92 Å². The molecule has 5 nitrogen and oxygen atoms in total. The van der Waals surface area contributed by atoms with Crippen molar-refractivity contribution in [1.29, 1.82) is 0 Å². The second-order valence-corrected chi connectivity index (χ2v) is 6.71. The zero-order chi connectivity index (χ0) is 16.6. The monoisotopic (exact) mass is 337 g/mol. The molecule has 2 aliphatic heterocycles. The van der Waals surface area contributed by atoms with Crippen molar-refractivity contribution in [2.24, 2.45) is 0 Å². The molecule has 2 bridgehead atoms. The molecule has 3 rings (SSSR count). The van der Waals surface area contributed by atoms with Crippen molar-refractivity contribution < 1.29 is 19.1 Å². The van der Waals surface area contributed by atoms with Crippen LogP contribution in [0.4, 0.5) is 0 Å². The van der Waals surface area contributed by atoms with E-state index in [1.54, 1.807) is 24.3 Å². The number of carbonyl (C=O) groups excluding carboxylic acids is 2. The minimum Gasteiger partial charge on any atom is -0.461 e. The van der Waals surface area contributed by atoms with Crippen LogP contribution in [0.1, 0.15) is 36.5 Å². The summed E-state index contributed by atoms with van der Waals surface area (Å²) in [6, 6.07) is 7.06. The largest absolute Gasteiger partial charge is 0.461 e. The molecule has 2 fully saturated rings. The lowest BCUT2D eigenvalue weighted by molar-refractivity contribution is -0.147. The lowest BCUT2D eigenvalue weighted by Gasteiger charge is -2.36. The summed E-state index contributed by atoms with van der Waals surface area (Å²) in [5.74, 6) is -0.592. The Morgan fingerprint density at radius 2 is 1.83 bits per heavy atom. The molecule has 2 saturated heterocycles. The minimum atomic E-state index is -0.334. The molecular formula is C17H20ClNO4. The van der Waals surface area contributed by atoms with Crippen LogP contribution in [-0.2, 0) is 14.3 Å². The molecule has 23 heavy (non-hydrogen) atoms. The number of likely N-dealkylation sites (N-methyl/N-ethyl adjacent to an activating group) is 1. The van der Waals surface area contributed by atoms with E-state index in [1.807, 2.05) is 7.05 Å². The zero-order valence-corrected chi connectivity index (χ0v) is 14.0. The molecule has 6 heteroatoms. The van der Waals surface area contributed by atoms with Gasteiger partial charge < -0.3 is 9.47 Å². The Morgan fingerprint density at radius 1 is 1.13 bits per heavy atom. The van der Waals surface area contributed by atoms with Gasteiger partial charge in [-0.15, -0.1) is 0 Å². The summed E-state index contributed by atoms with van der Waals surface area (Å²) in [7, 11) is 2.04. The highest BCUT2D eigenvalue weighted by atomic mass is 35.5. The van der Waals surface area contributed by atoms with Crippen LogP contribution in [-0.4, -0.2) is 48.2 Å². The zero-order valence-electron chi connectivity index (χ0n) is 13.2. The fourth-order valence-electron chi connectivity index (χ4n) is 3.62. The molecular weight excluding hydrogens is 318 g/mol. The smallest absolute Gasteiger partial charge is 0.338 e. The molecule has 2 heterocycles. The van der Waals surface area contributed by atoms with E-state index in [4.69, 9.17) is 21.1 Å². The van der Waals surface area contributed by atoms with Gasteiger partial charge >= 0.3 is 11.9 Å². The third-order valence-corrected chi connectivity index (χ3v) is 4.99. The van der Waals surface area contributed by atoms with E-state index in [0.717, 1.165) is 12.8 Å². The summed E-state index contributed by atoms with van der Waals surface area (Å²) >= 11 is 5.83. The van der Waals surface area contributed by atoms with Gasteiger partial charge in [0.25, 0.3) is 0 Å². The maximum Gasteiger partial charge on any atom is 0.338 e. The van der Waals surface area contributed by atoms with Gasteiger partial charge in [0.2, 0.25) is 0 Å². The second-order valence-electron chi connectivity index (χ2n) is 6.28. The SMILES string of the molecule is CC(=O)O[C@@H]1CC2C[C@H](OC(=O)c3ccc(Cl)cc3)CC1N2C. The third-order valence-electron chi connectivity index (χ3n) is 4.74. The van der Waals surface area contributed by atoms with E-state index < -0.39 is 0 Å². The van der Waals surface area contributed by atoms with Crippen molar-refractivity contribution >= 4 is 23.5 Å². The summed E-state index contributed by atoms with van der Waals surface area (Å²) in [6.07, 6.45) is 2.00. The molecule has 0 N–H and O–H groups in total. The van der Waals surface area contributed by atoms with Crippen LogP contribution < -0.4 is 0 Å². The summed E-state index contributed by atoms with van der Waals surface area (Å²) in [6.45, 7) is 1.43. The van der Waals surface area contributed by atoms with Crippen LogP contribution in [0.3, 0.4) is 0 Å². The first-order valence-electron chi connectivity index (χ1n) is 7.79. The van der Waals surface area contributed by atoms with Gasteiger partial charge in [0.05, 0.1) is 11.6 Å². The van der Waals surface area contributed by atoms with Gasteiger partial charge in [-0.1, -0.05) is 11.6 Å². The van der Waals surface area contributed by atoms with Gasteiger partial charge in [-0.2, -0.15) is 0 Å². The molecule has 0 saturated carbocycles. The van der Waals surface area contributed by atoms with E-state index in [9.17, 15) is 9.59 Å². The van der Waals surface area contributed by atoms with Gasteiger partial charge in [0, 0.05) is 37.3 Å². The van der Waals surface area contributed by atoms with Gasteiger partial charge in [0.1, 0.15) is 12.2 Å². The lowest BCUT2D eigenvalue weighted by Crippen LogP contribution is -2.46. The summed E-state index contributed by atoms with van der Waals surface area (Å²) in [4.78, 5) is 25.7. The number of hydrogen-bond acceptors (Lipinski definition) is 5. The molecule has 0 aromatic heterocycles. The van der Waals surface area contributed by atoms with Crippen molar-refractivity contribution in [2.45, 2.75) is 50.5 Å². The maximum absolute atomic E-state index is 12.2. The van der Waals surface area contributed by atoms with Crippen molar-refractivity contribution in [3.8, 4) is 0 Å². The van der Waals surface area contributed by atoms with Gasteiger partial charge in [-0.25, -0.2) is 4.79 Å². The predicted molar refractivity (Wildman–Crippen MR) is 85.4 cm³/mol. The number of carbonyl (C=O) groups is 2. The summed E-state index contributed by atoms with van der Waals surface area (Å²) < 4.78 is 11.1. The first-order chi connectivity index (χ1) is 10.9. The molecule has 124 valence electrons. The van der Waals surface area contributed by atoms with E-state index in [2.05, 4.69) is 4.90 Å². The molecule has 1 aromatic rings. The molecule has 0 radical (unpaired) electrons. The summed E-state index contributed by atoms with van der Waals surface area (Å²) in [5, 5.41) is 0.586. The van der Waals surface area contributed by atoms with E-state index in [-0.39, 0.29) is 36.2 Å². The van der Waals surface area contributed by atoms with Crippen LogP contribution in [0.2, 0.25) is 5.02 Å². The molecule has 0 aliphatic carbocycles. The van der Waals surface area contributed by atoms with Crippen LogP contribution in [0.5, 0.6) is 0 Å². The topological polar surface area (TPSA) is 55.8 Å². The minimum absolute atomic E-state index is 0.110. The Kier molecular flexibility index (Phi) is 4.60. The van der Waals surface area contributed by atoms with Crippen LogP contribution >= 0.6 is 11.6 Å². The molecule has 0 amide bonds. The number of hydrogen-bond donors (Lipinski definition) is 0. The van der Waals surface area contributed by atoms with Crippen LogP contribution in [0.15, 0.2) is 24.3 Å². The highest BCUT2D eigenvalue weighted by Gasteiger charge is 2.47. The Balaban J connectivity index is 1.64. The molecule has 4 atom stereocenters. The fraction of sp³-hybridized carbons (Fsp3) is 0.529. The summed E-state index contributed by atoms with van der Waals surface area (Å²) in [5.41, 5.74) is 0.497. The van der Waals surface area contributed by atoms with Gasteiger partial charge in [-0.05, 0) is 31.3 Å². The Morgan fingerprint density at radius 3 is 2.48 bits per heavy atom. The average molecular weight is 338 g/mol. The number of nitrogens with zero attached hydrogens (tertiary/aromatic N) is 1. The van der Waals surface area contributed by atoms with Gasteiger partial charge in [-0.3, -0.25) is 9.69 Å². The van der Waals surface area contributed by atoms with Crippen LogP contribution in [0, 0.1) is 0 Å². The van der Waals surface area contributed by atoms with Crippen molar-refractivity contribution in [2.75, 3.05) is 7.05 Å². The maximum atomic E-state index is 12.2. The molecule has 0 spiro atoms. The quantitative estimate of drug-likeness (QED) is 0.794. The Hall–Kier alpha value is -1.59. The first kappa shape index (κ1) is 16.3. The highest BCUT2D eigenvalue weighted by Crippen LogP contribution is 2.37. The van der Waals surface area contributed by atoms with Crippen molar-refractivity contribution in [1.82, 2.24) is 4.90 Å². The van der Waals surface area contributed by atoms with Crippen LogP contribution in [0.25, 0.3) is 0 Å². The molecule has 2 aliphatic rings. The number of benzene rings is 1. The second kappa shape index (κ2) is 6.49. The number of rotatable bonds is 3. The Labute approximate surface area is 140 Å². The fourth-order valence-corrected chi connectivity index (χ4v) is 3.74. The first-order valence-corrected chi connectivity index (χ1v) is 8.17. The number of halogens is 1. The Bertz CT molecular complexity index is 603. The normalized spacial score (nSPS) is 30.0. The predicted octanol–water partition coefficient (Wildman–Crippen LogP) is 2.66. The third kappa shape index (κ3) is 3.51. The van der Waals surface area contributed by atoms with Crippen molar-refractivity contribution in [3.63, 3.8) is 0 Å². The molecule has 2 unspecified atom stereocenters. The lowest BCUT2D eigenvalue weighted by atomic mass is 10.00. The number of ether oxygens (including phenoxy) is 2. The number of piperidine rings is 1. The number of fused-ring (bicyclic) bond motifs is 2. The highest BCUT2D eigenvalue weighted by molar-refractivity contribution is 6.30. The van der Waals surface area contributed by atoms with E-state index >= 15 is 0 Å².